The molecule has 0 spiro atoms. The molecule has 0 aliphatic carbocycles. The lowest BCUT2D eigenvalue weighted by molar-refractivity contribution is -0.149. The van der Waals surface area contributed by atoms with Gasteiger partial charge in [0.2, 0.25) is 0 Å². The number of imidazole rings is 1. The molecule has 94 valence electrons. The van der Waals surface area contributed by atoms with Crippen molar-refractivity contribution in [1.82, 2.24) is 9.97 Å². The van der Waals surface area contributed by atoms with E-state index in [1.807, 2.05) is 18.2 Å². The summed E-state index contributed by atoms with van der Waals surface area (Å²) in [6.07, 6.45) is 0.242. The zero-order valence-electron chi connectivity index (χ0n) is 9.39. The van der Waals surface area contributed by atoms with E-state index in [0.29, 0.717) is 18.7 Å². The van der Waals surface area contributed by atoms with Crippen molar-refractivity contribution in [1.29, 1.82) is 0 Å². The molecule has 1 saturated heterocycles. The van der Waals surface area contributed by atoms with Crippen molar-refractivity contribution in [3.8, 4) is 0 Å². The predicted molar refractivity (Wildman–Crippen MR) is 68.3 cm³/mol. The lowest BCUT2D eigenvalue weighted by atomic mass is 10.2. The second kappa shape index (κ2) is 4.37. The normalized spacial score (nSPS) is 23.6. The van der Waals surface area contributed by atoms with E-state index in [0.717, 1.165) is 15.5 Å². The molecule has 2 aromatic rings. The quantitative estimate of drug-likeness (QED) is 0.894. The Morgan fingerprint density at radius 1 is 1.50 bits per heavy atom. The third kappa shape index (κ3) is 2.02. The number of carbonyl (C=O) groups is 1. The summed E-state index contributed by atoms with van der Waals surface area (Å²) in [5.74, 6) is -0.205. The minimum atomic E-state index is -0.906. The fourth-order valence-electron chi connectivity index (χ4n) is 2.17. The third-order valence-corrected chi connectivity index (χ3v) is 3.56. The summed E-state index contributed by atoms with van der Waals surface area (Å²) in [5, 5.41) is 8.89. The molecule has 2 unspecified atom stereocenters. The minimum Gasteiger partial charge on any atom is -0.479 e. The van der Waals surface area contributed by atoms with Gasteiger partial charge in [0.25, 0.3) is 0 Å². The number of benzene rings is 1. The van der Waals surface area contributed by atoms with Crippen LogP contribution in [0.3, 0.4) is 0 Å². The number of hydrogen-bond donors (Lipinski definition) is 2. The molecule has 0 amide bonds. The van der Waals surface area contributed by atoms with Gasteiger partial charge in [0.15, 0.2) is 6.10 Å². The number of aromatic amines is 1. The van der Waals surface area contributed by atoms with Crippen LogP contribution >= 0.6 is 15.9 Å². The Hall–Kier alpha value is -1.40. The van der Waals surface area contributed by atoms with E-state index in [9.17, 15) is 4.79 Å². The Balaban J connectivity index is 1.89. The standard InChI is InChI=1S/C12H11BrN2O3/c13-6-1-2-7-8(5-6)15-11(14-7)9-3-4-10(18-9)12(16)17/h1-2,5,9-10H,3-4H2,(H,14,15)(H,16,17). The number of halogens is 1. The van der Waals surface area contributed by atoms with Gasteiger partial charge in [-0.2, -0.15) is 0 Å². The Bertz CT molecular complexity index is 610. The van der Waals surface area contributed by atoms with Crippen molar-refractivity contribution in [2.75, 3.05) is 0 Å². The molecule has 0 bridgehead atoms. The fourth-order valence-corrected chi connectivity index (χ4v) is 2.54. The van der Waals surface area contributed by atoms with Gasteiger partial charge in [0.05, 0.1) is 11.0 Å². The van der Waals surface area contributed by atoms with Crippen LogP contribution in [0, 0.1) is 0 Å². The number of aromatic nitrogens is 2. The van der Waals surface area contributed by atoms with Crippen LogP contribution in [0.2, 0.25) is 0 Å². The largest absolute Gasteiger partial charge is 0.479 e. The van der Waals surface area contributed by atoms with Crippen molar-refractivity contribution >= 4 is 32.9 Å². The molecule has 5 nitrogen and oxygen atoms in total. The molecule has 1 aromatic heterocycles. The third-order valence-electron chi connectivity index (χ3n) is 3.06. The Morgan fingerprint density at radius 2 is 2.33 bits per heavy atom. The van der Waals surface area contributed by atoms with Crippen LogP contribution in [0.15, 0.2) is 22.7 Å². The smallest absolute Gasteiger partial charge is 0.332 e. The molecule has 0 radical (unpaired) electrons. The molecule has 1 fully saturated rings. The second-order valence-corrected chi connectivity index (χ2v) is 5.23. The first kappa shape index (κ1) is 11.7. The number of carboxylic acid groups (broad SMARTS) is 1. The van der Waals surface area contributed by atoms with Gasteiger partial charge in [-0.25, -0.2) is 9.78 Å². The maximum Gasteiger partial charge on any atom is 0.332 e. The van der Waals surface area contributed by atoms with Crippen LogP contribution in [-0.4, -0.2) is 27.1 Å². The molecular formula is C12H11BrN2O3. The Labute approximate surface area is 111 Å². The maximum atomic E-state index is 10.8. The molecule has 6 heteroatoms. The molecule has 2 heterocycles. The van der Waals surface area contributed by atoms with Gasteiger partial charge in [-0.05, 0) is 31.0 Å². The summed E-state index contributed by atoms with van der Waals surface area (Å²) in [7, 11) is 0. The van der Waals surface area contributed by atoms with Crippen molar-refractivity contribution in [3.05, 3.63) is 28.5 Å². The van der Waals surface area contributed by atoms with E-state index in [2.05, 4.69) is 25.9 Å². The molecular weight excluding hydrogens is 300 g/mol. The average Bonchev–Trinajstić information content (AvgIpc) is 2.93. The van der Waals surface area contributed by atoms with Crippen molar-refractivity contribution in [3.63, 3.8) is 0 Å². The number of nitrogens with one attached hydrogen (secondary N) is 1. The number of rotatable bonds is 2. The van der Waals surface area contributed by atoms with Crippen LogP contribution in [0.4, 0.5) is 0 Å². The lowest BCUT2D eigenvalue weighted by Gasteiger charge is -2.07. The van der Waals surface area contributed by atoms with Gasteiger partial charge in [-0.15, -0.1) is 0 Å². The second-order valence-electron chi connectivity index (χ2n) is 4.31. The summed E-state index contributed by atoms with van der Waals surface area (Å²) in [5.41, 5.74) is 1.78. The average molecular weight is 311 g/mol. The van der Waals surface area contributed by atoms with Gasteiger partial charge < -0.3 is 14.8 Å². The SMILES string of the molecule is O=C(O)C1CCC(c2nc3ccc(Br)cc3[nH]2)O1. The molecule has 2 atom stereocenters. The highest BCUT2D eigenvalue weighted by molar-refractivity contribution is 9.10. The lowest BCUT2D eigenvalue weighted by Crippen LogP contribution is -2.18. The van der Waals surface area contributed by atoms with Crippen LogP contribution in [-0.2, 0) is 9.53 Å². The Kier molecular flexibility index (Phi) is 2.83. The van der Waals surface area contributed by atoms with E-state index in [1.165, 1.54) is 0 Å². The monoisotopic (exact) mass is 310 g/mol. The van der Waals surface area contributed by atoms with Crippen molar-refractivity contribution in [2.45, 2.75) is 25.0 Å². The molecule has 0 saturated carbocycles. The summed E-state index contributed by atoms with van der Waals surface area (Å²) in [6, 6.07) is 5.76. The van der Waals surface area contributed by atoms with Crippen LogP contribution < -0.4 is 0 Å². The van der Waals surface area contributed by atoms with E-state index in [4.69, 9.17) is 9.84 Å². The number of carboxylic acids is 1. The molecule has 2 N–H and O–H groups in total. The minimum absolute atomic E-state index is 0.253. The molecule has 3 rings (SSSR count). The number of ether oxygens (including phenoxy) is 1. The van der Waals surface area contributed by atoms with E-state index < -0.39 is 12.1 Å². The number of hydrogen-bond acceptors (Lipinski definition) is 3. The highest BCUT2D eigenvalue weighted by Gasteiger charge is 2.33. The first-order valence-electron chi connectivity index (χ1n) is 5.67. The van der Waals surface area contributed by atoms with Gasteiger partial charge in [0.1, 0.15) is 11.9 Å². The number of nitrogens with zero attached hydrogens (tertiary/aromatic N) is 1. The van der Waals surface area contributed by atoms with Gasteiger partial charge in [-0.3, -0.25) is 0 Å². The number of fused-ring (bicyclic) bond motifs is 1. The van der Waals surface area contributed by atoms with Crippen molar-refractivity contribution < 1.29 is 14.6 Å². The summed E-state index contributed by atoms with van der Waals surface area (Å²) in [6.45, 7) is 0. The van der Waals surface area contributed by atoms with Gasteiger partial charge in [0, 0.05) is 4.47 Å². The first-order valence-corrected chi connectivity index (χ1v) is 6.46. The highest BCUT2D eigenvalue weighted by atomic mass is 79.9. The first-order chi connectivity index (χ1) is 8.63. The zero-order chi connectivity index (χ0) is 12.7. The van der Waals surface area contributed by atoms with Gasteiger partial charge >= 0.3 is 5.97 Å². The molecule has 1 aliphatic heterocycles. The topological polar surface area (TPSA) is 75.2 Å². The fraction of sp³-hybridized carbons (Fsp3) is 0.333. The van der Waals surface area contributed by atoms with Crippen LogP contribution in [0.25, 0.3) is 11.0 Å². The summed E-state index contributed by atoms with van der Waals surface area (Å²) in [4.78, 5) is 18.4. The predicted octanol–water partition coefficient (Wildman–Crippen LogP) is 2.63. The van der Waals surface area contributed by atoms with E-state index >= 15 is 0 Å². The van der Waals surface area contributed by atoms with Gasteiger partial charge in [-0.1, -0.05) is 15.9 Å². The molecule has 18 heavy (non-hydrogen) atoms. The molecule has 1 aromatic carbocycles. The Morgan fingerprint density at radius 3 is 3.06 bits per heavy atom. The van der Waals surface area contributed by atoms with E-state index in [1.54, 1.807) is 0 Å². The van der Waals surface area contributed by atoms with E-state index in [-0.39, 0.29) is 6.10 Å². The van der Waals surface area contributed by atoms with Crippen molar-refractivity contribution in [2.24, 2.45) is 0 Å². The number of aliphatic carboxylic acids is 1. The summed E-state index contributed by atoms with van der Waals surface area (Å²) < 4.78 is 6.44. The molecule has 1 aliphatic rings. The summed E-state index contributed by atoms with van der Waals surface area (Å²) >= 11 is 3.40. The number of H-pyrrole nitrogens is 1. The zero-order valence-corrected chi connectivity index (χ0v) is 11.0. The highest BCUT2D eigenvalue weighted by Crippen LogP contribution is 2.32. The van der Waals surface area contributed by atoms with Crippen LogP contribution in [0.5, 0.6) is 0 Å². The maximum absolute atomic E-state index is 10.8. The van der Waals surface area contributed by atoms with Crippen LogP contribution in [0.1, 0.15) is 24.8 Å².